The zero-order valence-corrected chi connectivity index (χ0v) is 11.0. The van der Waals surface area contributed by atoms with Gasteiger partial charge in [0, 0.05) is 10.6 Å². The van der Waals surface area contributed by atoms with Gasteiger partial charge in [0.05, 0.1) is 12.0 Å². The second kappa shape index (κ2) is 6.40. The molecule has 1 amide bonds. The smallest absolute Gasteiger partial charge is 0.251 e. The Kier molecular flexibility index (Phi) is 5.16. The highest BCUT2D eigenvalue weighted by Gasteiger charge is 2.19. The number of rotatable bonds is 5. The lowest BCUT2D eigenvalue weighted by molar-refractivity contribution is -0.309. The molecule has 98 valence electrons. The van der Waals surface area contributed by atoms with E-state index in [-0.39, 0.29) is 5.92 Å². The van der Waals surface area contributed by atoms with Crippen molar-refractivity contribution in [1.29, 1.82) is 0 Å². The zero-order chi connectivity index (χ0) is 13.7. The number of carboxylic acid groups (broad SMARTS) is 1. The Morgan fingerprint density at radius 1 is 1.33 bits per heavy atom. The molecule has 0 bridgehead atoms. The Bertz CT molecular complexity index is 430. The Labute approximate surface area is 111 Å². The van der Waals surface area contributed by atoms with Gasteiger partial charge in [-0.3, -0.25) is 4.79 Å². The van der Waals surface area contributed by atoms with Crippen LogP contribution >= 0.6 is 11.6 Å². The van der Waals surface area contributed by atoms with Gasteiger partial charge in [-0.05, 0) is 30.2 Å². The van der Waals surface area contributed by atoms with E-state index in [9.17, 15) is 14.7 Å². The van der Waals surface area contributed by atoms with Crippen molar-refractivity contribution in [2.24, 2.45) is 5.92 Å². The number of carboxylic acids is 1. The molecule has 0 aliphatic carbocycles. The summed E-state index contributed by atoms with van der Waals surface area (Å²) in [6.07, 6.45) is 0.638. The predicted molar refractivity (Wildman–Crippen MR) is 67.2 cm³/mol. The van der Waals surface area contributed by atoms with Gasteiger partial charge in [0.1, 0.15) is 0 Å². The Morgan fingerprint density at radius 2 is 1.89 bits per heavy atom. The van der Waals surface area contributed by atoms with Crippen LogP contribution in [0.5, 0.6) is 0 Å². The third-order valence-electron chi connectivity index (χ3n) is 2.86. The number of hydrogen-bond acceptors (Lipinski definition) is 3. The van der Waals surface area contributed by atoms with Gasteiger partial charge < -0.3 is 15.2 Å². The largest absolute Gasteiger partial charge is 0.548 e. The minimum atomic E-state index is -1.27. The van der Waals surface area contributed by atoms with Crippen LogP contribution in [0.25, 0.3) is 0 Å². The van der Waals surface area contributed by atoms with Crippen molar-refractivity contribution in [2.75, 3.05) is 0 Å². The molecule has 4 nitrogen and oxygen atoms in total. The molecule has 0 aliphatic heterocycles. The molecule has 1 aromatic carbocycles. The second-order valence-corrected chi connectivity index (χ2v) is 4.60. The second-order valence-electron chi connectivity index (χ2n) is 4.16. The highest BCUT2D eigenvalue weighted by atomic mass is 35.5. The minimum absolute atomic E-state index is 0.189. The van der Waals surface area contributed by atoms with Crippen LogP contribution in [0, 0.1) is 5.92 Å². The third kappa shape index (κ3) is 3.74. The van der Waals surface area contributed by atoms with Crippen LogP contribution in [0.15, 0.2) is 24.3 Å². The topological polar surface area (TPSA) is 69.2 Å². The molecule has 2 atom stereocenters. The molecule has 0 heterocycles. The van der Waals surface area contributed by atoms with Crippen molar-refractivity contribution in [3.05, 3.63) is 34.9 Å². The average Bonchev–Trinajstić information content (AvgIpc) is 2.35. The number of carbonyl (C=O) groups is 2. The van der Waals surface area contributed by atoms with Crippen molar-refractivity contribution in [3.8, 4) is 0 Å². The van der Waals surface area contributed by atoms with E-state index in [4.69, 9.17) is 11.6 Å². The van der Waals surface area contributed by atoms with Gasteiger partial charge in [-0.25, -0.2) is 0 Å². The summed E-state index contributed by atoms with van der Waals surface area (Å²) >= 11 is 5.71. The first-order valence-corrected chi connectivity index (χ1v) is 6.10. The van der Waals surface area contributed by atoms with E-state index < -0.39 is 17.9 Å². The summed E-state index contributed by atoms with van der Waals surface area (Å²) in [7, 11) is 0. The fourth-order valence-electron chi connectivity index (χ4n) is 1.50. The van der Waals surface area contributed by atoms with Gasteiger partial charge in [-0.1, -0.05) is 31.9 Å². The molecule has 1 rings (SSSR count). The molecule has 5 heteroatoms. The van der Waals surface area contributed by atoms with Crippen LogP contribution in [0.2, 0.25) is 5.02 Å². The van der Waals surface area contributed by atoms with Gasteiger partial charge in [-0.15, -0.1) is 0 Å². The molecular formula is C13H15ClNO3-. The molecule has 0 aliphatic rings. The van der Waals surface area contributed by atoms with Gasteiger partial charge in [0.15, 0.2) is 0 Å². The minimum Gasteiger partial charge on any atom is -0.548 e. The van der Waals surface area contributed by atoms with E-state index in [2.05, 4.69) is 5.32 Å². The highest BCUT2D eigenvalue weighted by molar-refractivity contribution is 6.30. The number of halogens is 1. The summed E-state index contributed by atoms with van der Waals surface area (Å²) in [6.45, 7) is 3.61. The molecule has 18 heavy (non-hydrogen) atoms. The normalized spacial score (nSPS) is 13.7. The summed E-state index contributed by atoms with van der Waals surface area (Å²) in [4.78, 5) is 22.8. The maximum Gasteiger partial charge on any atom is 0.251 e. The summed E-state index contributed by atoms with van der Waals surface area (Å²) in [5, 5.41) is 14.0. The van der Waals surface area contributed by atoms with Gasteiger partial charge >= 0.3 is 0 Å². The lowest BCUT2D eigenvalue weighted by Gasteiger charge is -2.25. The van der Waals surface area contributed by atoms with Crippen LogP contribution in [0.4, 0.5) is 0 Å². The molecular weight excluding hydrogens is 254 g/mol. The van der Waals surface area contributed by atoms with Gasteiger partial charge in [-0.2, -0.15) is 0 Å². The zero-order valence-electron chi connectivity index (χ0n) is 10.3. The molecule has 0 unspecified atom stereocenters. The Balaban J connectivity index is 2.78. The molecule has 1 aromatic rings. The summed E-state index contributed by atoms with van der Waals surface area (Å²) in [5.74, 6) is -1.90. The number of nitrogens with one attached hydrogen (secondary N) is 1. The van der Waals surface area contributed by atoms with E-state index in [1.807, 2.05) is 6.92 Å². The first-order valence-electron chi connectivity index (χ1n) is 5.73. The number of amides is 1. The number of benzene rings is 1. The maximum atomic E-state index is 11.8. The molecule has 0 saturated carbocycles. The van der Waals surface area contributed by atoms with Crippen molar-refractivity contribution >= 4 is 23.5 Å². The molecule has 0 fully saturated rings. The van der Waals surface area contributed by atoms with E-state index in [1.54, 1.807) is 31.2 Å². The van der Waals surface area contributed by atoms with E-state index in [0.717, 1.165) is 0 Å². The predicted octanol–water partition coefficient (Wildman–Crippen LogP) is 1.23. The van der Waals surface area contributed by atoms with E-state index in [0.29, 0.717) is 17.0 Å². The lowest BCUT2D eigenvalue weighted by atomic mass is 9.99. The number of hydrogen-bond donors (Lipinski definition) is 1. The molecule has 0 saturated heterocycles. The average molecular weight is 269 g/mol. The molecule has 0 radical (unpaired) electrons. The van der Waals surface area contributed by atoms with Crippen molar-refractivity contribution in [3.63, 3.8) is 0 Å². The summed E-state index contributed by atoms with van der Waals surface area (Å²) in [6, 6.07) is 5.25. The van der Waals surface area contributed by atoms with Crippen LogP contribution in [-0.4, -0.2) is 17.9 Å². The first-order chi connectivity index (χ1) is 8.45. The highest BCUT2D eigenvalue weighted by Crippen LogP contribution is 2.11. The summed E-state index contributed by atoms with van der Waals surface area (Å²) in [5.41, 5.74) is 0.369. The van der Waals surface area contributed by atoms with Gasteiger partial charge in [0.2, 0.25) is 0 Å². The van der Waals surface area contributed by atoms with E-state index >= 15 is 0 Å². The maximum absolute atomic E-state index is 11.8. The molecule has 1 N–H and O–H groups in total. The fourth-order valence-corrected chi connectivity index (χ4v) is 1.62. The molecule has 0 spiro atoms. The summed E-state index contributed by atoms with van der Waals surface area (Å²) < 4.78 is 0. The standard InChI is InChI=1S/C13H16ClNO3/c1-3-8(2)11(13(17)18)15-12(16)9-4-6-10(14)7-5-9/h4-8,11H,3H2,1-2H3,(H,15,16)(H,17,18)/p-1/t8-,11-/m0/s1. The number of carbonyl (C=O) groups excluding carboxylic acids is 2. The van der Waals surface area contributed by atoms with Crippen LogP contribution in [0.3, 0.4) is 0 Å². The van der Waals surface area contributed by atoms with Gasteiger partial charge in [0.25, 0.3) is 5.91 Å². The Morgan fingerprint density at radius 3 is 2.33 bits per heavy atom. The van der Waals surface area contributed by atoms with Crippen LogP contribution < -0.4 is 10.4 Å². The monoisotopic (exact) mass is 268 g/mol. The van der Waals surface area contributed by atoms with Crippen molar-refractivity contribution in [2.45, 2.75) is 26.3 Å². The number of aliphatic carboxylic acids is 1. The Hall–Kier alpha value is -1.55. The van der Waals surface area contributed by atoms with Crippen LogP contribution in [-0.2, 0) is 4.79 Å². The van der Waals surface area contributed by atoms with Crippen LogP contribution in [0.1, 0.15) is 30.6 Å². The SMILES string of the molecule is CC[C@H](C)[C@H](NC(=O)c1ccc(Cl)cc1)C(=O)[O-]. The molecule has 0 aromatic heterocycles. The van der Waals surface area contributed by atoms with E-state index in [1.165, 1.54) is 0 Å². The quantitative estimate of drug-likeness (QED) is 0.873. The fraction of sp³-hybridized carbons (Fsp3) is 0.385. The lowest BCUT2D eigenvalue weighted by Crippen LogP contribution is -2.51. The van der Waals surface area contributed by atoms with Crippen molar-refractivity contribution < 1.29 is 14.7 Å². The first kappa shape index (κ1) is 14.5. The third-order valence-corrected chi connectivity index (χ3v) is 3.11. The van der Waals surface area contributed by atoms with Crippen molar-refractivity contribution in [1.82, 2.24) is 5.32 Å².